The van der Waals surface area contributed by atoms with Crippen LogP contribution >= 0.6 is 12.2 Å². The number of methoxy groups -OCH3 is 1. The Balaban J connectivity index is 1.81. The highest BCUT2D eigenvalue weighted by atomic mass is 32.1. The Bertz CT molecular complexity index is 897. The van der Waals surface area contributed by atoms with Crippen LogP contribution in [0.3, 0.4) is 0 Å². The highest BCUT2D eigenvalue weighted by molar-refractivity contribution is 7.80. The predicted octanol–water partition coefficient (Wildman–Crippen LogP) is 3.49. The molecule has 0 unspecified atom stereocenters. The topological polar surface area (TPSA) is 50.8 Å². The van der Waals surface area contributed by atoms with Gasteiger partial charge >= 0.3 is 0 Å². The lowest BCUT2D eigenvalue weighted by atomic mass is 10.1. The zero-order valence-corrected chi connectivity index (χ0v) is 15.8. The lowest BCUT2D eigenvalue weighted by molar-refractivity contribution is -0.122. The molecule has 0 saturated carbocycles. The highest BCUT2D eigenvalue weighted by Gasteiger charge is 2.29. The molecule has 0 radical (unpaired) electrons. The second kappa shape index (κ2) is 8.18. The number of halogens is 1. The number of rotatable bonds is 6. The first kappa shape index (κ1) is 18.8. The van der Waals surface area contributed by atoms with Gasteiger partial charge in [0.25, 0.3) is 5.91 Å². The molecule has 140 valence electrons. The molecule has 27 heavy (non-hydrogen) atoms. The molecular formula is C20H19FN2O3S. The van der Waals surface area contributed by atoms with Gasteiger partial charge in [0.15, 0.2) is 5.11 Å². The maximum absolute atomic E-state index is 13.0. The van der Waals surface area contributed by atoms with Crippen LogP contribution in [0.4, 0.5) is 4.39 Å². The van der Waals surface area contributed by atoms with E-state index in [0.717, 1.165) is 11.1 Å². The summed E-state index contributed by atoms with van der Waals surface area (Å²) in [6.45, 7) is 2.63. The van der Waals surface area contributed by atoms with Gasteiger partial charge in [0.2, 0.25) is 0 Å². The summed E-state index contributed by atoms with van der Waals surface area (Å²) in [5.74, 6) is 0.748. The lowest BCUT2D eigenvalue weighted by Gasteiger charge is -2.11. The van der Waals surface area contributed by atoms with E-state index in [1.54, 1.807) is 25.3 Å². The second-order valence-electron chi connectivity index (χ2n) is 5.85. The van der Waals surface area contributed by atoms with Crippen molar-refractivity contribution >= 4 is 29.3 Å². The number of nitrogens with zero attached hydrogens (tertiary/aromatic N) is 1. The first-order chi connectivity index (χ1) is 13.0. The van der Waals surface area contributed by atoms with Crippen LogP contribution in [0.1, 0.15) is 18.1 Å². The lowest BCUT2D eigenvalue weighted by Crippen LogP contribution is -2.30. The zero-order valence-electron chi connectivity index (χ0n) is 15.0. The first-order valence-corrected chi connectivity index (χ1v) is 8.82. The SMILES string of the molecule is CCN1C(=O)/C(=C/c2ccc(OC)c(COc3ccc(F)cc3)c2)NC1=S. The van der Waals surface area contributed by atoms with Gasteiger partial charge in [-0.05, 0) is 67.2 Å². The van der Waals surface area contributed by atoms with Gasteiger partial charge in [0.1, 0.15) is 29.6 Å². The molecule has 1 heterocycles. The van der Waals surface area contributed by atoms with Gasteiger partial charge in [-0.25, -0.2) is 4.39 Å². The van der Waals surface area contributed by atoms with Crippen molar-refractivity contribution in [3.8, 4) is 11.5 Å². The third-order valence-corrected chi connectivity index (χ3v) is 4.42. The molecule has 7 heteroatoms. The van der Waals surface area contributed by atoms with Crippen LogP contribution in [-0.2, 0) is 11.4 Å². The number of amides is 1. The molecule has 1 fully saturated rings. The molecule has 3 rings (SSSR count). The molecule has 5 nitrogen and oxygen atoms in total. The van der Waals surface area contributed by atoms with E-state index in [1.165, 1.54) is 17.0 Å². The van der Waals surface area contributed by atoms with E-state index in [-0.39, 0.29) is 18.3 Å². The smallest absolute Gasteiger partial charge is 0.276 e. The van der Waals surface area contributed by atoms with E-state index in [2.05, 4.69) is 5.32 Å². The molecule has 1 N–H and O–H groups in total. The van der Waals surface area contributed by atoms with E-state index in [1.807, 2.05) is 25.1 Å². The molecular weight excluding hydrogens is 367 g/mol. The van der Waals surface area contributed by atoms with Crippen LogP contribution in [0.2, 0.25) is 0 Å². The van der Waals surface area contributed by atoms with Gasteiger partial charge in [0, 0.05) is 12.1 Å². The average molecular weight is 386 g/mol. The number of nitrogens with one attached hydrogen (secondary N) is 1. The number of hydrogen-bond donors (Lipinski definition) is 1. The van der Waals surface area contributed by atoms with Gasteiger partial charge in [-0.1, -0.05) is 6.07 Å². The van der Waals surface area contributed by atoms with Crippen LogP contribution in [0.5, 0.6) is 11.5 Å². The maximum Gasteiger partial charge on any atom is 0.276 e. The Morgan fingerprint density at radius 2 is 1.96 bits per heavy atom. The number of thiocarbonyl (C=S) groups is 1. The molecule has 1 aliphatic rings. The Labute approximate surface area is 162 Å². The van der Waals surface area contributed by atoms with Crippen molar-refractivity contribution in [2.75, 3.05) is 13.7 Å². The van der Waals surface area contributed by atoms with Crippen LogP contribution < -0.4 is 14.8 Å². The summed E-state index contributed by atoms with van der Waals surface area (Å²) in [6.07, 6.45) is 1.74. The van der Waals surface area contributed by atoms with E-state index in [9.17, 15) is 9.18 Å². The standard InChI is InChI=1S/C20H19FN2O3S/c1-3-23-19(24)17(22-20(23)27)11-13-4-9-18(25-2)14(10-13)12-26-16-7-5-15(21)6-8-16/h4-11H,3,12H2,1-2H3,(H,22,27)/b17-11-. The van der Waals surface area contributed by atoms with E-state index < -0.39 is 0 Å². The van der Waals surface area contributed by atoms with Gasteiger partial charge in [-0.3, -0.25) is 9.69 Å². The van der Waals surface area contributed by atoms with Crippen LogP contribution in [0.25, 0.3) is 6.08 Å². The number of hydrogen-bond acceptors (Lipinski definition) is 4. The minimum absolute atomic E-state index is 0.151. The van der Waals surface area contributed by atoms with Gasteiger partial charge in [0.05, 0.1) is 7.11 Å². The normalized spacial score (nSPS) is 15.2. The summed E-state index contributed by atoms with van der Waals surface area (Å²) < 4.78 is 24.1. The summed E-state index contributed by atoms with van der Waals surface area (Å²) >= 11 is 5.17. The quantitative estimate of drug-likeness (QED) is 0.608. The number of benzene rings is 2. The Morgan fingerprint density at radius 3 is 2.59 bits per heavy atom. The van der Waals surface area contributed by atoms with Crippen molar-refractivity contribution < 1.29 is 18.7 Å². The third-order valence-electron chi connectivity index (χ3n) is 4.10. The molecule has 1 aliphatic heterocycles. The Kier molecular flexibility index (Phi) is 5.71. The number of likely N-dealkylation sites (N-methyl/N-ethyl adjacent to an activating group) is 1. The van der Waals surface area contributed by atoms with Crippen LogP contribution in [0, 0.1) is 5.82 Å². The summed E-state index contributed by atoms with van der Waals surface area (Å²) in [6, 6.07) is 11.3. The number of carbonyl (C=O) groups excluding carboxylic acids is 1. The fourth-order valence-corrected chi connectivity index (χ4v) is 3.04. The van der Waals surface area contributed by atoms with Crippen molar-refractivity contribution in [2.45, 2.75) is 13.5 Å². The third kappa shape index (κ3) is 4.25. The van der Waals surface area contributed by atoms with Crippen molar-refractivity contribution in [1.82, 2.24) is 10.2 Å². The van der Waals surface area contributed by atoms with Crippen molar-refractivity contribution in [3.05, 3.63) is 65.1 Å². The highest BCUT2D eigenvalue weighted by Crippen LogP contribution is 2.24. The maximum atomic E-state index is 13.0. The average Bonchev–Trinajstić information content (AvgIpc) is 2.94. The number of ether oxygens (including phenoxy) is 2. The molecule has 0 atom stereocenters. The summed E-state index contributed by atoms with van der Waals surface area (Å²) in [5, 5.41) is 3.34. The molecule has 0 bridgehead atoms. The van der Waals surface area contributed by atoms with Crippen molar-refractivity contribution in [2.24, 2.45) is 0 Å². The predicted molar refractivity (Wildman–Crippen MR) is 105 cm³/mol. The molecule has 2 aromatic rings. The molecule has 0 spiro atoms. The monoisotopic (exact) mass is 386 g/mol. The summed E-state index contributed by atoms with van der Waals surface area (Å²) in [5.41, 5.74) is 2.04. The summed E-state index contributed by atoms with van der Waals surface area (Å²) in [7, 11) is 1.58. The van der Waals surface area contributed by atoms with E-state index in [4.69, 9.17) is 21.7 Å². The molecule has 0 aliphatic carbocycles. The summed E-state index contributed by atoms with van der Waals surface area (Å²) in [4.78, 5) is 13.8. The van der Waals surface area contributed by atoms with Gasteiger partial charge in [-0.15, -0.1) is 0 Å². The first-order valence-electron chi connectivity index (χ1n) is 8.41. The zero-order chi connectivity index (χ0) is 19.4. The minimum Gasteiger partial charge on any atom is -0.496 e. The van der Waals surface area contributed by atoms with E-state index >= 15 is 0 Å². The molecule has 0 aromatic heterocycles. The van der Waals surface area contributed by atoms with Crippen LogP contribution in [-0.4, -0.2) is 29.6 Å². The molecule has 1 saturated heterocycles. The number of carbonyl (C=O) groups is 1. The Morgan fingerprint density at radius 1 is 1.22 bits per heavy atom. The largest absolute Gasteiger partial charge is 0.496 e. The fraction of sp³-hybridized carbons (Fsp3) is 0.200. The van der Waals surface area contributed by atoms with E-state index in [0.29, 0.717) is 28.9 Å². The molecule has 2 aromatic carbocycles. The molecule has 1 amide bonds. The Hall–Kier alpha value is -2.93. The van der Waals surface area contributed by atoms with Crippen LogP contribution in [0.15, 0.2) is 48.2 Å². The van der Waals surface area contributed by atoms with Gasteiger partial charge in [-0.2, -0.15) is 0 Å². The van der Waals surface area contributed by atoms with Crippen molar-refractivity contribution in [3.63, 3.8) is 0 Å². The fourth-order valence-electron chi connectivity index (χ4n) is 2.72. The second-order valence-corrected chi connectivity index (χ2v) is 6.24. The minimum atomic E-state index is -0.318. The van der Waals surface area contributed by atoms with Gasteiger partial charge < -0.3 is 14.8 Å². The van der Waals surface area contributed by atoms with Crippen molar-refractivity contribution in [1.29, 1.82) is 0 Å².